The van der Waals surface area contributed by atoms with Crippen LogP contribution in [-0.4, -0.2) is 17.5 Å². The van der Waals surface area contributed by atoms with Crippen LogP contribution in [0.4, 0.5) is 0 Å². The number of aromatic nitrogens is 1. The van der Waals surface area contributed by atoms with Gasteiger partial charge >= 0.3 is 0 Å². The summed E-state index contributed by atoms with van der Waals surface area (Å²) < 4.78 is 1.88. The normalized spacial score (nSPS) is 16.2. The van der Waals surface area contributed by atoms with Gasteiger partial charge < -0.3 is 0 Å². The molecule has 4 heteroatoms. The Morgan fingerprint density at radius 2 is 1.91 bits per heavy atom. The first-order valence-corrected chi connectivity index (χ1v) is 8.03. The van der Waals surface area contributed by atoms with E-state index in [2.05, 4.69) is 11.6 Å². The molecule has 2 aromatic rings. The molecular weight excluding hydrogens is 306 g/mol. The van der Waals surface area contributed by atoms with Crippen molar-refractivity contribution in [2.75, 3.05) is 7.05 Å². The number of pyridine rings is 1. The minimum atomic E-state index is -0.234. The third kappa shape index (κ3) is 2.66. The van der Waals surface area contributed by atoms with Gasteiger partial charge in [-0.2, -0.15) is 0 Å². The molecule has 0 bridgehead atoms. The Morgan fingerprint density at radius 1 is 1.26 bits per heavy atom. The van der Waals surface area contributed by atoms with Crippen LogP contribution < -0.4 is 5.49 Å². The van der Waals surface area contributed by atoms with Crippen LogP contribution in [0.25, 0.3) is 5.57 Å². The molecule has 0 aliphatic heterocycles. The number of hydrogen-bond acceptors (Lipinski definition) is 2. The van der Waals surface area contributed by atoms with E-state index in [-0.39, 0.29) is 5.41 Å². The van der Waals surface area contributed by atoms with Gasteiger partial charge in [0.25, 0.3) is 0 Å². The highest BCUT2D eigenvalue weighted by Crippen LogP contribution is 2.49. The van der Waals surface area contributed by atoms with Crippen LogP contribution in [0.3, 0.4) is 0 Å². The second-order valence-corrected chi connectivity index (χ2v) is 6.49. The van der Waals surface area contributed by atoms with Gasteiger partial charge in [-0.15, -0.1) is 0 Å². The van der Waals surface area contributed by atoms with Crippen LogP contribution in [0.1, 0.15) is 30.9 Å². The molecule has 0 unspecified atom stereocenters. The highest BCUT2D eigenvalue weighted by molar-refractivity contribution is 6.30. The Labute approximate surface area is 141 Å². The topological polar surface area (TPSA) is 41.1 Å². The molecule has 0 amide bonds. The summed E-state index contributed by atoms with van der Waals surface area (Å²) in [5.41, 5.74) is 3.62. The SMILES string of the molecule is C=C(C)c1cccn(C(=N)C2(c3ccc(Cl)cc3)CC2)c1=NC. The first kappa shape index (κ1) is 15.8. The van der Waals surface area contributed by atoms with Crippen LogP contribution in [0.5, 0.6) is 0 Å². The van der Waals surface area contributed by atoms with E-state index >= 15 is 0 Å². The number of rotatable bonds is 3. The smallest absolute Gasteiger partial charge is 0.140 e. The average Bonchev–Trinajstić information content (AvgIpc) is 3.35. The molecule has 3 rings (SSSR count). The third-order valence-corrected chi connectivity index (χ3v) is 4.73. The summed E-state index contributed by atoms with van der Waals surface area (Å²) >= 11 is 6.00. The molecular formula is C19H20ClN3. The Bertz CT molecular complexity index is 840. The second-order valence-electron chi connectivity index (χ2n) is 6.06. The summed E-state index contributed by atoms with van der Waals surface area (Å²) in [7, 11) is 1.76. The van der Waals surface area contributed by atoms with Crippen molar-refractivity contribution in [2.45, 2.75) is 25.2 Å². The van der Waals surface area contributed by atoms with Gasteiger partial charge in [0.05, 0.1) is 5.41 Å². The molecule has 1 aliphatic rings. The zero-order valence-corrected chi connectivity index (χ0v) is 14.2. The number of nitrogens with zero attached hydrogens (tertiary/aromatic N) is 2. The minimum Gasteiger partial charge on any atom is -0.289 e. The van der Waals surface area contributed by atoms with Gasteiger partial charge in [-0.05, 0) is 55.2 Å². The van der Waals surface area contributed by atoms with E-state index in [1.165, 1.54) is 0 Å². The lowest BCUT2D eigenvalue weighted by molar-refractivity contribution is 0.837. The summed E-state index contributed by atoms with van der Waals surface area (Å²) in [5.74, 6) is 0.559. The van der Waals surface area contributed by atoms with Crippen LogP contribution in [0.2, 0.25) is 5.02 Å². The average molecular weight is 326 g/mol. The van der Waals surface area contributed by atoms with Crippen molar-refractivity contribution in [1.82, 2.24) is 4.57 Å². The number of halogens is 1. The van der Waals surface area contributed by atoms with Gasteiger partial charge in [0.15, 0.2) is 0 Å². The molecule has 1 aromatic heterocycles. The fourth-order valence-electron chi connectivity index (χ4n) is 3.03. The van der Waals surface area contributed by atoms with Crippen molar-refractivity contribution >= 4 is 23.0 Å². The molecule has 23 heavy (non-hydrogen) atoms. The first-order chi connectivity index (χ1) is 11.0. The quantitative estimate of drug-likeness (QED) is 0.647. The van der Waals surface area contributed by atoms with Crippen molar-refractivity contribution in [3.8, 4) is 0 Å². The van der Waals surface area contributed by atoms with Crippen LogP contribution in [0, 0.1) is 5.41 Å². The molecule has 118 valence electrons. The van der Waals surface area contributed by atoms with E-state index in [1.807, 2.05) is 54.1 Å². The minimum absolute atomic E-state index is 0.234. The molecule has 1 aliphatic carbocycles. The molecule has 1 N–H and O–H groups in total. The number of benzene rings is 1. The predicted octanol–water partition coefficient (Wildman–Crippen LogP) is 4.26. The zero-order valence-electron chi connectivity index (χ0n) is 13.4. The van der Waals surface area contributed by atoms with Crippen LogP contribution in [0.15, 0.2) is 54.2 Å². The van der Waals surface area contributed by atoms with E-state index in [4.69, 9.17) is 17.0 Å². The van der Waals surface area contributed by atoms with E-state index in [9.17, 15) is 0 Å². The zero-order chi connectivity index (χ0) is 16.6. The van der Waals surface area contributed by atoms with Crippen molar-refractivity contribution in [3.63, 3.8) is 0 Å². The maximum atomic E-state index is 8.81. The fourth-order valence-corrected chi connectivity index (χ4v) is 3.15. The van der Waals surface area contributed by atoms with Crippen molar-refractivity contribution < 1.29 is 0 Å². The second kappa shape index (κ2) is 5.82. The Hall–Kier alpha value is -2.13. The predicted molar refractivity (Wildman–Crippen MR) is 96.1 cm³/mol. The lowest BCUT2D eigenvalue weighted by atomic mass is 9.94. The van der Waals surface area contributed by atoms with Gasteiger partial charge in [-0.25, -0.2) is 0 Å². The third-order valence-electron chi connectivity index (χ3n) is 4.48. The number of nitrogens with one attached hydrogen (secondary N) is 1. The highest BCUT2D eigenvalue weighted by Gasteiger charge is 2.49. The number of allylic oxidation sites excluding steroid dienone is 1. The van der Waals surface area contributed by atoms with Gasteiger partial charge in [0.2, 0.25) is 0 Å². The standard InChI is InChI=1S/C19H20ClN3/c1-13(2)16-5-4-12-23(17(16)22-3)18(21)19(10-11-19)14-6-8-15(20)9-7-14/h4-9,12,21H,1,10-11H2,2-3H3. The van der Waals surface area contributed by atoms with Crippen molar-refractivity contribution in [3.05, 3.63) is 70.8 Å². The summed E-state index contributed by atoms with van der Waals surface area (Å²) in [6, 6.07) is 11.8. The lowest BCUT2D eigenvalue weighted by Crippen LogP contribution is -2.36. The molecule has 0 atom stereocenters. The van der Waals surface area contributed by atoms with E-state index in [1.54, 1.807) is 7.05 Å². The number of hydrogen-bond donors (Lipinski definition) is 1. The highest BCUT2D eigenvalue weighted by atomic mass is 35.5. The molecule has 0 saturated heterocycles. The molecule has 1 saturated carbocycles. The summed E-state index contributed by atoms with van der Waals surface area (Å²) in [6.07, 6.45) is 3.86. The lowest BCUT2D eigenvalue weighted by Gasteiger charge is -2.21. The first-order valence-electron chi connectivity index (χ1n) is 7.65. The molecule has 1 heterocycles. The van der Waals surface area contributed by atoms with E-state index < -0.39 is 0 Å². The van der Waals surface area contributed by atoms with Gasteiger partial charge in [-0.3, -0.25) is 15.0 Å². The summed E-state index contributed by atoms with van der Waals surface area (Å²) in [6.45, 7) is 5.98. The summed E-state index contributed by atoms with van der Waals surface area (Å²) in [5, 5.41) is 9.53. The fraction of sp³-hybridized carbons (Fsp3) is 0.263. The van der Waals surface area contributed by atoms with Gasteiger partial charge in [0, 0.05) is 23.8 Å². The van der Waals surface area contributed by atoms with Gasteiger partial charge in [0.1, 0.15) is 11.3 Å². The maximum Gasteiger partial charge on any atom is 0.140 e. The molecule has 0 radical (unpaired) electrons. The van der Waals surface area contributed by atoms with E-state index in [0.29, 0.717) is 5.84 Å². The van der Waals surface area contributed by atoms with Crippen LogP contribution >= 0.6 is 11.6 Å². The molecule has 1 fully saturated rings. The van der Waals surface area contributed by atoms with Gasteiger partial charge in [-0.1, -0.05) is 30.3 Å². The molecule has 3 nitrogen and oxygen atoms in total. The van der Waals surface area contributed by atoms with Crippen LogP contribution in [-0.2, 0) is 5.41 Å². The Morgan fingerprint density at radius 3 is 2.43 bits per heavy atom. The Kier molecular flexibility index (Phi) is 3.99. The largest absolute Gasteiger partial charge is 0.289 e. The Balaban J connectivity index is 2.10. The maximum absolute atomic E-state index is 8.81. The summed E-state index contributed by atoms with van der Waals surface area (Å²) in [4.78, 5) is 4.40. The van der Waals surface area contributed by atoms with Crippen molar-refractivity contribution in [2.24, 2.45) is 4.99 Å². The molecule has 1 aromatic carbocycles. The van der Waals surface area contributed by atoms with E-state index in [0.717, 1.165) is 40.1 Å². The van der Waals surface area contributed by atoms with Crippen molar-refractivity contribution in [1.29, 1.82) is 5.41 Å². The molecule has 0 spiro atoms. The monoisotopic (exact) mass is 325 g/mol.